The molecule has 4 rings (SSSR count). The van der Waals surface area contributed by atoms with Crippen LogP contribution in [0.15, 0.2) is 60.0 Å². The number of nitrogens with one attached hydrogen (secondary N) is 2. The minimum atomic E-state index is 0.456. The van der Waals surface area contributed by atoms with E-state index in [1.54, 1.807) is 36.5 Å². The van der Waals surface area contributed by atoms with Gasteiger partial charge in [0.25, 0.3) is 0 Å². The lowest BCUT2D eigenvalue weighted by molar-refractivity contribution is 0.323. The molecule has 4 aromatic rings. The van der Waals surface area contributed by atoms with Crippen molar-refractivity contribution in [1.29, 1.82) is 0 Å². The number of anilines is 2. The summed E-state index contributed by atoms with van der Waals surface area (Å²) in [4.78, 5) is 13.8. The van der Waals surface area contributed by atoms with Crippen LogP contribution in [-0.2, 0) is 6.42 Å². The Morgan fingerprint density at radius 3 is 2.83 bits per heavy atom. The number of ether oxygens (including phenoxy) is 1. The van der Waals surface area contributed by atoms with Gasteiger partial charge in [0.2, 0.25) is 0 Å². The van der Waals surface area contributed by atoms with Crippen molar-refractivity contribution in [3.63, 3.8) is 0 Å². The number of rotatable bonds is 8. The molecule has 3 heterocycles. The monoisotopic (exact) mass is 406 g/mol. The number of thioether (sulfide) groups is 1. The lowest BCUT2D eigenvalue weighted by Gasteiger charge is -2.11. The summed E-state index contributed by atoms with van der Waals surface area (Å²) in [6.07, 6.45) is 7.48. The van der Waals surface area contributed by atoms with Crippen molar-refractivity contribution < 1.29 is 4.74 Å². The number of aromatic nitrogens is 5. The van der Waals surface area contributed by atoms with Gasteiger partial charge in [0, 0.05) is 46.2 Å². The SMILES string of the molecule is CC(C)Sc1cc(OCCc2ccccn2)c2[nH]nc(Nc3cnccn3)c2c1. The summed E-state index contributed by atoms with van der Waals surface area (Å²) in [6, 6.07) is 10.1. The molecule has 0 fully saturated rings. The lowest BCUT2D eigenvalue weighted by atomic mass is 10.2. The number of benzene rings is 1. The van der Waals surface area contributed by atoms with Crippen LogP contribution >= 0.6 is 11.8 Å². The topological polar surface area (TPSA) is 88.6 Å². The van der Waals surface area contributed by atoms with E-state index < -0.39 is 0 Å². The van der Waals surface area contributed by atoms with Crippen LogP contribution in [0.2, 0.25) is 0 Å². The summed E-state index contributed by atoms with van der Waals surface area (Å²) in [5, 5.41) is 12.2. The minimum absolute atomic E-state index is 0.456. The van der Waals surface area contributed by atoms with Crippen LogP contribution in [0.5, 0.6) is 5.75 Å². The van der Waals surface area contributed by atoms with E-state index in [9.17, 15) is 0 Å². The van der Waals surface area contributed by atoms with E-state index in [1.807, 2.05) is 18.2 Å². The molecule has 29 heavy (non-hydrogen) atoms. The van der Waals surface area contributed by atoms with Crippen LogP contribution in [0.25, 0.3) is 10.9 Å². The van der Waals surface area contributed by atoms with Gasteiger partial charge in [-0.05, 0) is 24.3 Å². The van der Waals surface area contributed by atoms with Crippen LogP contribution in [0.4, 0.5) is 11.6 Å². The molecule has 3 aromatic heterocycles. The van der Waals surface area contributed by atoms with Crippen LogP contribution in [0.3, 0.4) is 0 Å². The minimum Gasteiger partial charge on any atom is -0.491 e. The molecule has 0 aliphatic heterocycles. The van der Waals surface area contributed by atoms with Crippen molar-refractivity contribution in [3.8, 4) is 5.75 Å². The fourth-order valence-electron chi connectivity index (χ4n) is 2.91. The summed E-state index contributed by atoms with van der Waals surface area (Å²) < 4.78 is 6.13. The average Bonchev–Trinajstić information content (AvgIpc) is 3.12. The van der Waals surface area contributed by atoms with Gasteiger partial charge >= 0.3 is 0 Å². The molecule has 8 heteroatoms. The summed E-state index contributed by atoms with van der Waals surface area (Å²) >= 11 is 1.79. The molecule has 0 unspecified atom stereocenters. The molecule has 0 amide bonds. The van der Waals surface area contributed by atoms with Crippen molar-refractivity contribution in [2.75, 3.05) is 11.9 Å². The van der Waals surface area contributed by atoms with E-state index >= 15 is 0 Å². The maximum atomic E-state index is 6.13. The number of aromatic amines is 1. The van der Waals surface area contributed by atoms with E-state index in [4.69, 9.17) is 4.74 Å². The summed E-state index contributed by atoms with van der Waals surface area (Å²) in [5.41, 5.74) is 1.86. The molecule has 0 saturated heterocycles. The number of fused-ring (bicyclic) bond motifs is 1. The van der Waals surface area contributed by atoms with Gasteiger partial charge in [0.05, 0.1) is 12.8 Å². The first kappa shape index (κ1) is 19.2. The molecule has 7 nitrogen and oxygen atoms in total. The molecular formula is C21H22N6OS. The number of hydrogen-bond acceptors (Lipinski definition) is 7. The molecule has 1 aromatic carbocycles. The maximum absolute atomic E-state index is 6.13. The van der Waals surface area contributed by atoms with Crippen molar-refractivity contribution in [1.82, 2.24) is 25.1 Å². The van der Waals surface area contributed by atoms with E-state index in [1.165, 1.54) is 0 Å². The van der Waals surface area contributed by atoms with Crippen molar-refractivity contribution >= 4 is 34.3 Å². The second-order valence-electron chi connectivity index (χ2n) is 6.72. The number of H-pyrrole nitrogens is 1. The van der Waals surface area contributed by atoms with Gasteiger partial charge in [0.1, 0.15) is 17.1 Å². The predicted octanol–water partition coefficient (Wildman–Crippen LogP) is 4.61. The van der Waals surface area contributed by atoms with Gasteiger partial charge in [-0.25, -0.2) is 4.98 Å². The fraction of sp³-hybridized carbons (Fsp3) is 0.238. The third kappa shape index (κ3) is 4.83. The third-order valence-electron chi connectivity index (χ3n) is 4.13. The highest BCUT2D eigenvalue weighted by Crippen LogP contribution is 2.36. The highest BCUT2D eigenvalue weighted by molar-refractivity contribution is 7.99. The largest absolute Gasteiger partial charge is 0.491 e. The molecule has 0 bridgehead atoms. The Labute approximate surface area is 173 Å². The van der Waals surface area contributed by atoms with Crippen LogP contribution in [0, 0.1) is 0 Å². The van der Waals surface area contributed by atoms with Crippen LogP contribution < -0.4 is 10.1 Å². The summed E-state index contributed by atoms with van der Waals surface area (Å²) in [5.74, 6) is 2.11. The first-order valence-corrected chi connectivity index (χ1v) is 10.3. The molecule has 0 spiro atoms. The van der Waals surface area contributed by atoms with Crippen molar-refractivity contribution in [2.24, 2.45) is 0 Å². The molecule has 0 saturated carbocycles. The molecular weight excluding hydrogens is 384 g/mol. The van der Waals surface area contributed by atoms with E-state index in [0.717, 1.165) is 33.7 Å². The molecule has 0 radical (unpaired) electrons. The smallest absolute Gasteiger partial charge is 0.161 e. The van der Waals surface area contributed by atoms with E-state index in [-0.39, 0.29) is 0 Å². The highest BCUT2D eigenvalue weighted by atomic mass is 32.2. The molecule has 0 aliphatic carbocycles. The Hall–Kier alpha value is -3.13. The Balaban J connectivity index is 1.61. The number of nitrogens with zero attached hydrogens (tertiary/aromatic N) is 4. The first-order valence-electron chi connectivity index (χ1n) is 9.43. The predicted molar refractivity (Wildman–Crippen MR) is 116 cm³/mol. The van der Waals surface area contributed by atoms with E-state index in [0.29, 0.717) is 23.5 Å². The Morgan fingerprint density at radius 1 is 1.14 bits per heavy atom. The van der Waals surface area contributed by atoms with Crippen LogP contribution in [-0.4, -0.2) is 37.0 Å². The normalized spacial score (nSPS) is 11.1. The highest BCUT2D eigenvalue weighted by Gasteiger charge is 2.14. The molecule has 0 aliphatic rings. The van der Waals surface area contributed by atoms with Gasteiger partial charge < -0.3 is 10.1 Å². The summed E-state index contributed by atoms with van der Waals surface area (Å²) in [7, 11) is 0. The zero-order valence-electron chi connectivity index (χ0n) is 16.3. The first-order chi connectivity index (χ1) is 14.2. The molecule has 0 atom stereocenters. The van der Waals surface area contributed by atoms with Crippen molar-refractivity contribution in [3.05, 3.63) is 60.8 Å². The lowest BCUT2D eigenvalue weighted by Crippen LogP contribution is -2.03. The molecule has 148 valence electrons. The van der Waals surface area contributed by atoms with Gasteiger partial charge in [0.15, 0.2) is 5.82 Å². The van der Waals surface area contributed by atoms with Gasteiger partial charge in [-0.15, -0.1) is 11.8 Å². The standard InChI is InChI=1S/C21H22N6OS/c1-14(2)29-16-11-17-20(26-27-21(17)25-19-13-22-8-9-24-19)18(12-16)28-10-6-15-5-3-4-7-23-15/h3-5,7-9,11-14H,6,10H2,1-2H3,(H2,24,25,26,27). The van der Waals surface area contributed by atoms with Gasteiger partial charge in [-0.3, -0.25) is 15.1 Å². The van der Waals surface area contributed by atoms with Gasteiger partial charge in [-0.2, -0.15) is 5.10 Å². The summed E-state index contributed by atoms with van der Waals surface area (Å²) in [6.45, 7) is 4.88. The van der Waals surface area contributed by atoms with E-state index in [2.05, 4.69) is 56.4 Å². The number of hydrogen-bond donors (Lipinski definition) is 2. The fourth-order valence-corrected chi connectivity index (χ4v) is 3.82. The number of pyridine rings is 1. The molecule has 2 N–H and O–H groups in total. The average molecular weight is 407 g/mol. The quantitative estimate of drug-likeness (QED) is 0.413. The van der Waals surface area contributed by atoms with Crippen molar-refractivity contribution in [2.45, 2.75) is 30.4 Å². The Kier molecular flexibility index (Phi) is 5.90. The van der Waals surface area contributed by atoms with Gasteiger partial charge in [-0.1, -0.05) is 19.9 Å². The third-order valence-corrected chi connectivity index (χ3v) is 5.11. The zero-order valence-corrected chi connectivity index (χ0v) is 17.1. The Bertz CT molecular complexity index is 1070. The maximum Gasteiger partial charge on any atom is 0.161 e. The second kappa shape index (κ2) is 8.91. The zero-order chi connectivity index (χ0) is 20.1. The Morgan fingerprint density at radius 2 is 2.07 bits per heavy atom. The van der Waals surface area contributed by atoms with Crippen LogP contribution in [0.1, 0.15) is 19.5 Å². The second-order valence-corrected chi connectivity index (χ2v) is 8.37.